The maximum atomic E-state index is 12.1. The Bertz CT molecular complexity index is 396. The average Bonchev–Trinajstić information content (AvgIpc) is 2.60. The molecule has 138 valence electrons. The second kappa shape index (κ2) is 10.6. The van der Waals surface area contributed by atoms with E-state index in [-0.39, 0.29) is 18.4 Å². The van der Waals surface area contributed by atoms with Crippen molar-refractivity contribution in [3.8, 4) is 0 Å². The molecule has 0 radical (unpaired) electrons. The Balaban J connectivity index is 1.63. The van der Waals surface area contributed by atoms with Crippen LogP contribution in [0.15, 0.2) is 0 Å². The molecule has 0 saturated carbocycles. The molecule has 2 saturated heterocycles. The summed E-state index contributed by atoms with van der Waals surface area (Å²) < 4.78 is 10.6. The zero-order valence-electron chi connectivity index (χ0n) is 14.7. The number of nitrogens with zero attached hydrogens (tertiary/aromatic N) is 3. The Hall–Kier alpha value is -1.22. The summed E-state index contributed by atoms with van der Waals surface area (Å²) in [5.41, 5.74) is 0. The van der Waals surface area contributed by atoms with Gasteiger partial charge in [-0.1, -0.05) is 0 Å². The molecule has 0 atom stereocenters. The third-order valence-electron chi connectivity index (χ3n) is 4.42. The third-order valence-corrected chi connectivity index (χ3v) is 4.42. The highest BCUT2D eigenvalue weighted by atomic mass is 16.5. The summed E-state index contributed by atoms with van der Waals surface area (Å²) in [7, 11) is 0. The fourth-order valence-corrected chi connectivity index (χ4v) is 2.84. The Labute approximate surface area is 144 Å². The quantitative estimate of drug-likeness (QED) is 0.586. The van der Waals surface area contributed by atoms with Crippen molar-refractivity contribution >= 4 is 11.8 Å². The van der Waals surface area contributed by atoms with Gasteiger partial charge < -0.3 is 19.7 Å². The van der Waals surface area contributed by atoms with Crippen LogP contribution >= 0.6 is 0 Å². The summed E-state index contributed by atoms with van der Waals surface area (Å²) >= 11 is 0. The number of ether oxygens (including phenoxy) is 2. The van der Waals surface area contributed by atoms with Crippen molar-refractivity contribution in [2.75, 3.05) is 85.3 Å². The van der Waals surface area contributed by atoms with Gasteiger partial charge in [-0.2, -0.15) is 0 Å². The van der Waals surface area contributed by atoms with Gasteiger partial charge in [0, 0.05) is 59.3 Å². The van der Waals surface area contributed by atoms with E-state index in [9.17, 15) is 9.59 Å². The van der Waals surface area contributed by atoms with Crippen LogP contribution < -0.4 is 5.32 Å². The largest absolute Gasteiger partial charge is 0.379 e. The molecule has 2 aliphatic rings. The van der Waals surface area contributed by atoms with Crippen molar-refractivity contribution in [2.24, 2.45) is 0 Å². The van der Waals surface area contributed by atoms with Gasteiger partial charge >= 0.3 is 0 Å². The van der Waals surface area contributed by atoms with Gasteiger partial charge in [0.15, 0.2) is 0 Å². The van der Waals surface area contributed by atoms with Crippen LogP contribution in [0.1, 0.15) is 6.92 Å². The summed E-state index contributed by atoms with van der Waals surface area (Å²) in [6, 6.07) is 0. The van der Waals surface area contributed by atoms with Crippen molar-refractivity contribution in [3.63, 3.8) is 0 Å². The summed E-state index contributed by atoms with van der Waals surface area (Å²) in [4.78, 5) is 30.0. The minimum absolute atomic E-state index is 0.0633. The molecule has 0 spiro atoms. The standard InChI is InChI=1S/C16H30N4O4/c1-15(21)20(5-4-19-8-12-24-13-9-19)14-16(22)17-2-3-18-6-10-23-11-7-18/h2-14H2,1H3,(H,17,22). The van der Waals surface area contributed by atoms with Gasteiger partial charge in [0.05, 0.1) is 33.0 Å². The number of hydrogen-bond donors (Lipinski definition) is 1. The van der Waals surface area contributed by atoms with Crippen LogP contribution in [-0.2, 0) is 19.1 Å². The van der Waals surface area contributed by atoms with Crippen molar-refractivity contribution in [1.82, 2.24) is 20.0 Å². The Morgan fingerprint density at radius 3 is 2.04 bits per heavy atom. The zero-order chi connectivity index (χ0) is 17.2. The molecule has 2 amide bonds. The molecule has 0 bridgehead atoms. The second-order valence-corrected chi connectivity index (χ2v) is 6.20. The lowest BCUT2D eigenvalue weighted by atomic mass is 10.3. The first-order valence-electron chi connectivity index (χ1n) is 8.77. The molecule has 0 unspecified atom stereocenters. The van der Waals surface area contributed by atoms with Crippen LogP contribution in [0.3, 0.4) is 0 Å². The summed E-state index contributed by atoms with van der Waals surface area (Å²) in [5.74, 6) is -0.160. The molecular weight excluding hydrogens is 312 g/mol. The predicted octanol–water partition coefficient (Wildman–Crippen LogP) is -1.38. The minimum atomic E-state index is -0.0968. The number of hydrogen-bond acceptors (Lipinski definition) is 6. The van der Waals surface area contributed by atoms with Gasteiger partial charge in [0.1, 0.15) is 0 Å². The lowest BCUT2D eigenvalue weighted by Gasteiger charge is -2.29. The highest BCUT2D eigenvalue weighted by Gasteiger charge is 2.17. The highest BCUT2D eigenvalue weighted by molar-refractivity contribution is 5.83. The molecular formula is C16H30N4O4. The highest BCUT2D eigenvalue weighted by Crippen LogP contribution is 1.99. The number of carbonyl (C=O) groups is 2. The van der Waals surface area contributed by atoms with Crippen LogP contribution in [0.4, 0.5) is 0 Å². The fourth-order valence-electron chi connectivity index (χ4n) is 2.84. The Kier molecular flexibility index (Phi) is 8.44. The van der Waals surface area contributed by atoms with Crippen molar-refractivity contribution in [1.29, 1.82) is 0 Å². The molecule has 1 N–H and O–H groups in total. The third kappa shape index (κ3) is 7.12. The number of carbonyl (C=O) groups excluding carboxylic acids is 2. The van der Waals surface area contributed by atoms with Gasteiger partial charge in [0.2, 0.25) is 11.8 Å². The number of nitrogens with one attached hydrogen (secondary N) is 1. The average molecular weight is 342 g/mol. The van der Waals surface area contributed by atoms with E-state index in [1.165, 1.54) is 6.92 Å². The van der Waals surface area contributed by atoms with Crippen LogP contribution in [0.5, 0.6) is 0 Å². The van der Waals surface area contributed by atoms with Crippen molar-refractivity contribution in [2.45, 2.75) is 6.92 Å². The summed E-state index contributed by atoms with van der Waals surface area (Å²) in [5, 5.41) is 2.90. The second-order valence-electron chi connectivity index (χ2n) is 6.20. The maximum absolute atomic E-state index is 12.1. The smallest absolute Gasteiger partial charge is 0.239 e. The lowest BCUT2D eigenvalue weighted by Crippen LogP contribution is -2.47. The number of morpholine rings is 2. The van der Waals surface area contributed by atoms with Crippen LogP contribution in [0.25, 0.3) is 0 Å². The van der Waals surface area contributed by atoms with Gasteiger partial charge in [-0.25, -0.2) is 0 Å². The molecule has 0 aromatic rings. The molecule has 2 rings (SSSR count). The van der Waals surface area contributed by atoms with Gasteiger partial charge in [0.25, 0.3) is 0 Å². The van der Waals surface area contributed by atoms with E-state index >= 15 is 0 Å². The summed E-state index contributed by atoms with van der Waals surface area (Å²) in [6.45, 7) is 11.0. The molecule has 0 aliphatic carbocycles. The van der Waals surface area contributed by atoms with Crippen LogP contribution in [0.2, 0.25) is 0 Å². The number of amides is 2. The van der Waals surface area contributed by atoms with Crippen molar-refractivity contribution < 1.29 is 19.1 Å². The maximum Gasteiger partial charge on any atom is 0.239 e. The first-order chi connectivity index (χ1) is 11.6. The van der Waals surface area contributed by atoms with Crippen LogP contribution in [0, 0.1) is 0 Å². The normalized spacial score (nSPS) is 19.9. The first-order valence-corrected chi connectivity index (χ1v) is 8.77. The van der Waals surface area contributed by atoms with E-state index in [0.717, 1.165) is 65.7 Å². The monoisotopic (exact) mass is 342 g/mol. The Morgan fingerprint density at radius 2 is 1.50 bits per heavy atom. The van der Waals surface area contributed by atoms with Gasteiger partial charge in [-0.3, -0.25) is 19.4 Å². The SMILES string of the molecule is CC(=O)N(CCN1CCOCC1)CC(=O)NCCN1CCOCC1. The molecule has 2 aliphatic heterocycles. The molecule has 24 heavy (non-hydrogen) atoms. The molecule has 8 heteroatoms. The van der Waals surface area contributed by atoms with Crippen LogP contribution in [-0.4, -0.2) is 112 Å². The van der Waals surface area contributed by atoms with E-state index in [1.807, 2.05) is 0 Å². The zero-order valence-corrected chi connectivity index (χ0v) is 14.7. The van der Waals surface area contributed by atoms with E-state index < -0.39 is 0 Å². The van der Waals surface area contributed by atoms with E-state index in [0.29, 0.717) is 13.1 Å². The van der Waals surface area contributed by atoms with E-state index in [2.05, 4.69) is 15.1 Å². The lowest BCUT2D eigenvalue weighted by molar-refractivity contribution is -0.134. The predicted molar refractivity (Wildman–Crippen MR) is 89.8 cm³/mol. The molecule has 2 fully saturated rings. The fraction of sp³-hybridized carbons (Fsp3) is 0.875. The molecule has 8 nitrogen and oxygen atoms in total. The van der Waals surface area contributed by atoms with E-state index in [1.54, 1.807) is 4.90 Å². The van der Waals surface area contributed by atoms with Gasteiger partial charge in [-0.15, -0.1) is 0 Å². The Morgan fingerprint density at radius 1 is 0.958 bits per heavy atom. The summed E-state index contributed by atoms with van der Waals surface area (Å²) in [6.07, 6.45) is 0. The molecule has 0 aromatic carbocycles. The molecule has 0 aromatic heterocycles. The minimum Gasteiger partial charge on any atom is -0.379 e. The van der Waals surface area contributed by atoms with E-state index in [4.69, 9.17) is 9.47 Å². The number of rotatable bonds is 8. The first kappa shape index (κ1) is 19.1. The van der Waals surface area contributed by atoms with Crippen molar-refractivity contribution in [3.05, 3.63) is 0 Å². The molecule has 2 heterocycles. The van der Waals surface area contributed by atoms with Gasteiger partial charge in [-0.05, 0) is 0 Å². The topological polar surface area (TPSA) is 74.4 Å².